The van der Waals surface area contributed by atoms with E-state index in [0.29, 0.717) is 27.0 Å². The smallest absolute Gasteiger partial charge is 0.330 e. The van der Waals surface area contributed by atoms with Gasteiger partial charge in [-0.1, -0.05) is 93.6 Å². The standard InChI is InChI=1S/C36H42F2N2O6Si/c1-33(2,3)47(6,7)44-24-34(4)30(36(37,38)31(46-34)40-23-22-29(41)39-32(40)42)45-35(25-14-10-8-11-15-25,26-16-12-9-13-17-26)27-18-20-28(43-5)21-19-27/h8-23,30-31H,24H2,1-7H3,(H,39,41,42)/t30-,31-,34-/m1/s1. The zero-order valence-corrected chi connectivity index (χ0v) is 28.8. The van der Waals surface area contributed by atoms with Crippen molar-refractivity contribution in [3.8, 4) is 5.75 Å². The van der Waals surface area contributed by atoms with Gasteiger partial charge in [0, 0.05) is 12.3 Å². The predicted molar refractivity (Wildman–Crippen MR) is 179 cm³/mol. The van der Waals surface area contributed by atoms with Gasteiger partial charge in [-0.05, 0) is 53.9 Å². The number of aromatic amines is 1. The van der Waals surface area contributed by atoms with Crippen molar-refractivity contribution in [1.82, 2.24) is 9.55 Å². The number of benzene rings is 3. The van der Waals surface area contributed by atoms with Gasteiger partial charge in [0.05, 0.1) is 13.7 Å². The monoisotopic (exact) mass is 664 g/mol. The van der Waals surface area contributed by atoms with E-state index in [2.05, 4.69) is 25.8 Å². The predicted octanol–water partition coefficient (Wildman–Crippen LogP) is 6.87. The van der Waals surface area contributed by atoms with Gasteiger partial charge in [-0.25, -0.2) is 4.79 Å². The molecule has 1 aliphatic rings. The lowest BCUT2D eigenvalue weighted by atomic mass is 9.79. The van der Waals surface area contributed by atoms with E-state index in [4.69, 9.17) is 18.6 Å². The second-order valence-corrected chi connectivity index (χ2v) is 18.5. The highest BCUT2D eigenvalue weighted by atomic mass is 28.4. The Bertz CT molecular complexity index is 1750. The summed E-state index contributed by atoms with van der Waals surface area (Å²) < 4.78 is 60.3. The van der Waals surface area contributed by atoms with Crippen molar-refractivity contribution in [2.75, 3.05) is 13.7 Å². The number of nitrogens with zero attached hydrogens (tertiary/aromatic N) is 1. The Labute approximate surface area is 274 Å². The first-order valence-electron chi connectivity index (χ1n) is 15.5. The summed E-state index contributed by atoms with van der Waals surface area (Å²) in [5.74, 6) is -3.21. The zero-order chi connectivity index (χ0) is 34.3. The maximum Gasteiger partial charge on any atom is 0.330 e. The van der Waals surface area contributed by atoms with Gasteiger partial charge in [0.25, 0.3) is 5.56 Å². The molecule has 0 saturated carbocycles. The molecule has 0 aliphatic carbocycles. The number of hydrogen-bond acceptors (Lipinski definition) is 6. The molecule has 1 N–H and O–H groups in total. The van der Waals surface area contributed by atoms with Crippen molar-refractivity contribution >= 4 is 8.32 Å². The molecule has 11 heteroatoms. The maximum absolute atomic E-state index is 17.2. The summed E-state index contributed by atoms with van der Waals surface area (Å²) in [6.45, 7) is 11.5. The number of methoxy groups -OCH3 is 1. The van der Waals surface area contributed by atoms with Crippen molar-refractivity contribution < 1.29 is 27.4 Å². The molecule has 0 bridgehead atoms. The second-order valence-electron chi connectivity index (χ2n) is 13.7. The normalized spacial score (nSPS) is 21.5. The van der Waals surface area contributed by atoms with E-state index in [9.17, 15) is 9.59 Å². The van der Waals surface area contributed by atoms with Gasteiger partial charge >= 0.3 is 11.6 Å². The minimum absolute atomic E-state index is 0.225. The molecule has 3 aromatic carbocycles. The van der Waals surface area contributed by atoms with E-state index in [1.54, 1.807) is 31.4 Å². The van der Waals surface area contributed by atoms with E-state index in [1.165, 1.54) is 6.92 Å². The van der Waals surface area contributed by atoms with Crippen LogP contribution in [0, 0.1) is 0 Å². The van der Waals surface area contributed by atoms with Crippen LogP contribution in [0.25, 0.3) is 0 Å². The molecule has 1 aliphatic heterocycles. The third-order valence-corrected chi connectivity index (χ3v) is 13.9. The molecule has 1 fully saturated rings. The van der Waals surface area contributed by atoms with Gasteiger partial charge < -0.3 is 18.6 Å². The summed E-state index contributed by atoms with van der Waals surface area (Å²) >= 11 is 0. The highest BCUT2D eigenvalue weighted by Gasteiger charge is 2.68. The van der Waals surface area contributed by atoms with Crippen molar-refractivity contribution in [3.63, 3.8) is 0 Å². The first kappa shape index (κ1) is 34.4. The van der Waals surface area contributed by atoms with Crippen LogP contribution in [-0.2, 0) is 19.5 Å². The molecular formula is C36H42F2N2O6Si. The van der Waals surface area contributed by atoms with Crippen LogP contribution in [0.2, 0.25) is 18.1 Å². The Morgan fingerprint density at radius 3 is 1.89 bits per heavy atom. The molecular weight excluding hydrogens is 622 g/mol. The number of rotatable bonds is 10. The van der Waals surface area contributed by atoms with Crippen molar-refractivity contribution in [3.05, 3.63) is 135 Å². The summed E-state index contributed by atoms with van der Waals surface area (Å²) in [7, 11) is -0.935. The summed E-state index contributed by atoms with van der Waals surface area (Å²) in [4.78, 5) is 26.9. The second kappa shape index (κ2) is 12.6. The number of H-pyrrole nitrogens is 1. The molecule has 1 saturated heterocycles. The lowest BCUT2D eigenvalue weighted by Gasteiger charge is -2.44. The van der Waals surface area contributed by atoms with Crippen LogP contribution < -0.4 is 16.0 Å². The van der Waals surface area contributed by atoms with Crippen molar-refractivity contribution in [2.24, 2.45) is 0 Å². The number of ether oxygens (including phenoxy) is 3. The molecule has 250 valence electrons. The largest absolute Gasteiger partial charge is 0.497 e. The van der Waals surface area contributed by atoms with Crippen LogP contribution in [0.4, 0.5) is 8.78 Å². The minimum atomic E-state index is -3.80. The van der Waals surface area contributed by atoms with E-state index >= 15 is 8.78 Å². The Hall–Kier alpha value is -3.90. The number of aromatic nitrogens is 2. The average molecular weight is 665 g/mol. The van der Waals surface area contributed by atoms with Crippen molar-refractivity contribution in [2.45, 2.75) is 75.3 Å². The van der Waals surface area contributed by atoms with E-state index < -0.39 is 49.0 Å². The van der Waals surface area contributed by atoms with Crippen LogP contribution in [0.3, 0.4) is 0 Å². The van der Waals surface area contributed by atoms with E-state index in [1.807, 2.05) is 73.8 Å². The van der Waals surface area contributed by atoms with E-state index in [-0.39, 0.29) is 11.6 Å². The zero-order valence-electron chi connectivity index (χ0n) is 27.8. The summed E-state index contributed by atoms with van der Waals surface area (Å²) in [6, 6.07) is 26.4. The van der Waals surface area contributed by atoms with Gasteiger partial charge in [0.15, 0.2) is 14.4 Å². The quantitative estimate of drug-likeness (QED) is 0.147. The average Bonchev–Trinajstić information content (AvgIpc) is 3.23. The first-order chi connectivity index (χ1) is 22.0. The fourth-order valence-electron chi connectivity index (χ4n) is 5.69. The lowest BCUT2D eigenvalue weighted by Crippen LogP contribution is -2.55. The van der Waals surface area contributed by atoms with Crippen molar-refractivity contribution in [1.29, 1.82) is 0 Å². The molecule has 8 nitrogen and oxygen atoms in total. The van der Waals surface area contributed by atoms with Crippen LogP contribution in [0.1, 0.15) is 50.6 Å². The topological polar surface area (TPSA) is 91.8 Å². The SMILES string of the molecule is COc1ccc(C(O[C@H]2C(F)(F)[C@H](n3ccc(=O)[nH]c3=O)O[C@]2(C)CO[Si](C)(C)C(C)(C)C)(c2ccccc2)c2ccccc2)cc1. The Kier molecular flexibility index (Phi) is 9.24. The maximum atomic E-state index is 17.2. The van der Waals surface area contributed by atoms with Crippen LogP contribution >= 0.6 is 0 Å². The van der Waals surface area contributed by atoms with Crippen LogP contribution in [0.15, 0.2) is 107 Å². The number of hydrogen-bond donors (Lipinski definition) is 1. The van der Waals surface area contributed by atoms with Crippen LogP contribution in [-0.4, -0.2) is 49.2 Å². The Morgan fingerprint density at radius 1 is 0.872 bits per heavy atom. The number of halogens is 2. The fraction of sp³-hybridized carbons (Fsp3) is 0.389. The van der Waals surface area contributed by atoms with Gasteiger partial charge in [0.2, 0.25) is 6.23 Å². The molecule has 0 unspecified atom stereocenters. The highest BCUT2D eigenvalue weighted by molar-refractivity contribution is 6.74. The molecule has 3 atom stereocenters. The molecule has 47 heavy (non-hydrogen) atoms. The minimum Gasteiger partial charge on any atom is -0.497 e. The number of alkyl halides is 2. The molecule has 0 spiro atoms. The third-order valence-electron chi connectivity index (χ3n) is 9.40. The van der Waals surface area contributed by atoms with Gasteiger partial charge in [-0.3, -0.25) is 14.3 Å². The molecule has 1 aromatic heterocycles. The summed E-state index contributed by atoms with van der Waals surface area (Å²) in [5.41, 5.74) is -3.30. The van der Waals surface area contributed by atoms with Crippen LogP contribution in [0.5, 0.6) is 5.75 Å². The van der Waals surface area contributed by atoms with Gasteiger partial charge in [-0.2, -0.15) is 8.78 Å². The number of nitrogens with one attached hydrogen (secondary N) is 1. The highest BCUT2D eigenvalue weighted by Crippen LogP contribution is 2.54. The molecule has 4 aromatic rings. The third kappa shape index (κ3) is 6.37. The molecule has 0 radical (unpaired) electrons. The first-order valence-corrected chi connectivity index (χ1v) is 18.4. The Balaban J connectivity index is 1.75. The fourth-order valence-corrected chi connectivity index (χ4v) is 6.77. The molecule has 0 amide bonds. The van der Waals surface area contributed by atoms with Gasteiger partial charge in [-0.15, -0.1) is 0 Å². The van der Waals surface area contributed by atoms with E-state index in [0.717, 1.165) is 12.3 Å². The van der Waals surface area contributed by atoms with Gasteiger partial charge in [0.1, 0.15) is 17.0 Å². The molecule has 5 rings (SSSR count). The Morgan fingerprint density at radius 2 is 1.40 bits per heavy atom. The summed E-state index contributed by atoms with van der Waals surface area (Å²) in [5, 5.41) is -0.225. The summed E-state index contributed by atoms with van der Waals surface area (Å²) in [6.07, 6.45) is -3.04. The lowest BCUT2D eigenvalue weighted by molar-refractivity contribution is -0.188. The molecule has 2 heterocycles.